The molecule has 2 aliphatic rings. The largest absolute Gasteiger partial charge is 0.380 e. The average Bonchev–Trinajstić information content (AvgIpc) is 3.00. The standard InChI is InChI=1S/C21H34O3S/c1-21(2,3)18-8-5-17(6-9-18)7-10-20-23-15-19(24-20)16-25(4)13-11-22-12-14-25/h5-6,8-9,19-20H,7,10-16H2,1-4H3. The molecule has 3 rings (SSSR count). The summed E-state index contributed by atoms with van der Waals surface area (Å²) < 4.78 is 17.6. The minimum absolute atomic E-state index is 0.0323. The molecule has 142 valence electrons. The van der Waals surface area contributed by atoms with E-state index in [0.29, 0.717) is 0 Å². The predicted molar refractivity (Wildman–Crippen MR) is 107 cm³/mol. The molecule has 4 heteroatoms. The SMILES string of the molecule is CC(C)(C)c1ccc(CCC2OCC(CS3(C)CCOCC3)O2)cc1. The molecule has 0 amide bonds. The van der Waals surface area contributed by atoms with Gasteiger partial charge in [0.2, 0.25) is 0 Å². The van der Waals surface area contributed by atoms with Crippen molar-refractivity contribution in [2.45, 2.75) is 51.4 Å². The Balaban J connectivity index is 1.44. The molecule has 0 aromatic heterocycles. The molecule has 2 saturated heterocycles. The second-order valence-electron chi connectivity index (χ2n) is 8.67. The lowest BCUT2D eigenvalue weighted by Crippen LogP contribution is -2.31. The fourth-order valence-corrected chi connectivity index (χ4v) is 6.19. The molecule has 0 aliphatic carbocycles. The van der Waals surface area contributed by atoms with Crippen LogP contribution in [0.5, 0.6) is 0 Å². The van der Waals surface area contributed by atoms with E-state index in [-0.39, 0.29) is 17.8 Å². The van der Waals surface area contributed by atoms with Crippen molar-refractivity contribution in [1.29, 1.82) is 0 Å². The summed E-state index contributed by atoms with van der Waals surface area (Å²) >= 11 is 0. The van der Waals surface area contributed by atoms with Gasteiger partial charge in [-0.25, -0.2) is 10.0 Å². The van der Waals surface area contributed by atoms with E-state index in [1.807, 2.05) is 0 Å². The Bertz CT molecular complexity index is 543. The summed E-state index contributed by atoms with van der Waals surface area (Å²) in [6.07, 6.45) is 4.66. The van der Waals surface area contributed by atoms with Crippen molar-refractivity contribution in [3.05, 3.63) is 35.4 Å². The Morgan fingerprint density at radius 2 is 1.76 bits per heavy atom. The van der Waals surface area contributed by atoms with E-state index >= 15 is 0 Å². The second-order valence-corrected chi connectivity index (χ2v) is 12.8. The van der Waals surface area contributed by atoms with Crippen LogP contribution in [-0.4, -0.2) is 55.7 Å². The average molecular weight is 367 g/mol. The third-order valence-electron chi connectivity index (χ3n) is 5.33. The first-order valence-corrected chi connectivity index (χ1v) is 12.0. The van der Waals surface area contributed by atoms with E-state index in [0.717, 1.165) is 32.7 Å². The third-order valence-corrected chi connectivity index (χ3v) is 8.81. The first-order valence-electron chi connectivity index (χ1n) is 9.50. The number of rotatable bonds is 5. The van der Waals surface area contributed by atoms with Gasteiger partial charge >= 0.3 is 0 Å². The molecule has 0 spiro atoms. The van der Waals surface area contributed by atoms with Crippen molar-refractivity contribution in [2.24, 2.45) is 0 Å². The van der Waals surface area contributed by atoms with E-state index in [9.17, 15) is 0 Å². The van der Waals surface area contributed by atoms with Crippen molar-refractivity contribution in [2.75, 3.05) is 43.3 Å². The van der Waals surface area contributed by atoms with Crippen LogP contribution in [0.25, 0.3) is 0 Å². The molecule has 2 unspecified atom stereocenters. The Morgan fingerprint density at radius 3 is 2.40 bits per heavy atom. The Hall–Kier alpha value is -0.550. The Labute approximate surface area is 154 Å². The molecule has 2 fully saturated rings. The maximum atomic E-state index is 6.19. The molecule has 0 bridgehead atoms. The van der Waals surface area contributed by atoms with Crippen LogP contribution >= 0.6 is 10.0 Å². The molecule has 25 heavy (non-hydrogen) atoms. The summed E-state index contributed by atoms with van der Waals surface area (Å²) in [6, 6.07) is 9.01. The van der Waals surface area contributed by atoms with Gasteiger partial charge in [-0.3, -0.25) is 0 Å². The number of benzene rings is 1. The molecule has 0 N–H and O–H groups in total. The highest BCUT2D eigenvalue weighted by atomic mass is 32.3. The van der Waals surface area contributed by atoms with Gasteiger partial charge < -0.3 is 14.2 Å². The molecule has 2 aliphatic heterocycles. The molecule has 1 aromatic carbocycles. The van der Waals surface area contributed by atoms with Crippen molar-refractivity contribution < 1.29 is 14.2 Å². The summed E-state index contributed by atoms with van der Waals surface area (Å²) in [5, 5.41) is 0. The van der Waals surface area contributed by atoms with Crippen molar-refractivity contribution >= 4 is 10.0 Å². The number of hydrogen-bond donors (Lipinski definition) is 0. The fraction of sp³-hybridized carbons (Fsp3) is 0.714. The van der Waals surface area contributed by atoms with Crippen LogP contribution in [-0.2, 0) is 26.0 Å². The maximum Gasteiger partial charge on any atom is 0.158 e. The summed E-state index contributed by atoms with van der Waals surface area (Å²) in [6.45, 7) is 9.37. The zero-order chi connectivity index (χ0) is 17.9. The topological polar surface area (TPSA) is 27.7 Å². The molecule has 0 radical (unpaired) electrons. The lowest BCUT2D eigenvalue weighted by atomic mass is 9.86. The lowest BCUT2D eigenvalue weighted by molar-refractivity contribution is -0.0581. The number of ether oxygens (including phenoxy) is 3. The zero-order valence-electron chi connectivity index (χ0n) is 16.3. The van der Waals surface area contributed by atoms with Crippen LogP contribution in [0.4, 0.5) is 0 Å². The summed E-state index contributed by atoms with van der Waals surface area (Å²) in [5.74, 6) is 3.61. The van der Waals surface area contributed by atoms with Crippen LogP contribution in [0, 0.1) is 0 Å². The Morgan fingerprint density at radius 1 is 1.08 bits per heavy atom. The Kier molecular flexibility index (Phi) is 6.15. The molecular weight excluding hydrogens is 332 g/mol. The van der Waals surface area contributed by atoms with Crippen molar-refractivity contribution in [3.63, 3.8) is 0 Å². The molecule has 1 aromatic rings. The van der Waals surface area contributed by atoms with Crippen LogP contribution in [0.2, 0.25) is 0 Å². The van der Waals surface area contributed by atoms with Gasteiger partial charge in [0.05, 0.1) is 25.9 Å². The van der Waals surface area contributed by atoms with Gasteiger partial charge in [0.1, 0.15) is 0 Å². The van der Waals surface area contributed by atoms with E-state index < -0.39 is 10.0 Å². The number of aryl methyl sites for hydroxylation is 1. The van der Waals surface area contributed by atoms with Gasteiger partial charge in [-0.1, -0.05) is 45.0 Å². The summed E-state index contributed by atoms with van der Waals surface area (Å²) in [4.78, 5) is 0. The van der Waals surface area contributed by atoms with E-state index in [1.165, 1.54) is 28.4 Å². The van der Waals surface area contributed by atoms with Crippen LogP contribution in [0.15, 0.2) is 24.3 Å². The summed E-state index contributed by atoms with van der Waals surface area (Å²) in [5.41, 5.74) is 2.97. The van der Waals surface area contributed by atoms with Gasteiger partial charge in [0, 0.05) is 23.7 Å². The van der Waals surface area contributed by atoms with Crippen molar-refractivity contribution in [1.82, 2.24) is 0 Å². The summed E-state index contributed by atoms with van der Waals surface area (Å²) in [7, 11) is -0.563. The minimum atomic E-state index is -0.563. The highest BCUT2D eigenvalue weighted by Crippen LogP contribution is 2.47. The highest BCUT2D eigenvalue weighted by Gasteiger charge is 2.32. The van der Waals surface area contributed by atoms with Gasteiger partial charge in [-0.2, -0.15) is 0 Å². The smallest absolute Gasteiger partial charge is 0.158 e. The minimum Gasteiger partial charge on any atom is -0.380 e. The lowest BCUT2D eigenvalue weighted by Gasteiger charge is -2.40. The van der Waals surface area contributed by atoms with Crippen molar-refractivity contribution in [3.8, 4) is 0 Å². The molecule has 0 saturated carbocycles. The highest BCUT2D eigenvalue weighted by molar-refractivity contribution is 8.33. The predicted octanol–water partition coefficient (Wildman–Crippen LogP) is 4.12. The van der Waals surface area contributed by atoms with Crippen LogP contribution in [0.1, 0.15) is 38.3 Å². The van der Waals surface area contributed by atoms with E-state index in [4.69, 9.17) is 14.2 Å². The maximum absolute atomic E-state index is 6.19. The van der Waals surface area contributed by atoms with Crippen LogP contribution < -0.4 is 0 Å². The normalized spacial score (nSPS) is 28.0. The van der Waals surface area contributed by atoms with Gasteiger partial charge in [-0.05, 0) is 29.2 Å². The number of hydrogen-bond acceptors (Lipinski definition) is 3. The zero-order valence-corrected chi connectivity index (χ0v) is 17.1. The van der Waals surface area contributed by atoms with E-state index in [1.54, 1.807) is 0 Å². The first-order chi connectivity index (χ1) is 11.8. The molecule has 3 nitrogen and oxygen atoms in total. The molecule has 2 heterocycles. The monoisotopic (exact) mass is 366 g/mol. The van der Waals surface area contributed by atoms with Crippen LogP contribution in [0.3, 0.4) is 0 Å². The molecule has 2 atom stereocenters. The quantitative estimate of drug-likeness (QED) is 0.784. The van der Waals surface area contributed by atoms with Gasteiger partial charge in [0.25, 0.3) is 0 Å². The van der Waals surface area contributed by atoms with Gasteiger partial charge in [0.15, 0.2) is 6.29 Å². The molecular formula is C21H34O3S. The van der Waals surface area contributed by atoms with E-state index in [2.05, 4.69) is 51.3 Å². The second kappa shape index (κ2) is 7.99. The first kappa shape index (κ1) is 19.2. The fourth-order valence-electron chi connectivity index (χ4n) is 3.54. The third kappa shape index (κ3) is 5.46. The van der Waals surface area contributed by atoms with Gasteiger partial charge in [-0.15, -0.1) is 0 Å².